The second-order valence-electron chi connectivity index (χ2n) is 7.46. The van der Waals surface area contributed by atoms with Crippen molar-refractivity contribution >= 4 is 21.5 Å². The third-order valence-electron chi connectivity index (χ3n) is 3.92. The van der Waals surface area contributed by atoms with E-state index >= 15 is 0 Å². The van der Waals surface area contributed by atoms with Gasteiger partial charge in [0.05, 0.1) is 0 Å². The quantitative estimate of drug-likeness (QED) is 0.474. The van der Waals surface area contributed by atoms with Gasteiger partial charge in [-0.3, -0.25) is 0 Å². The number of hydrogen-bond acceptors (Lipinski definition) is 2. The van der Waals surface area contributed by atoms with Crippen molar-refractivity contribution < 1.29 is 10.2 Å². The number of benzene rings is 3. The maximum Gasteiger partial charge on any atom is 0.120 e. The van der Waals surface area contributed by atoms with Crippen molar-refractivity contribution in [1.29, 1.82) is 0 Å². The average molecular weight is 342 g/mol. The largest absolute Gasteiger partial charge is 0.378 e. The molecule has 0 fully saturated rings. The molecule has 2 N–H and O–H groups in total. The molecule has 3 aromatic carbocycles. The van der Waals surface area contributed by atoms with Crippen molar-refractivity contribution in [2.75, 3.05) is 0 Å². The predicted molar refractivity (Wildman–Crippen MR) is 108 cm³/mol. The zero-order chi connectivity index (χ0) is 18.9. The zero-order valence-electron chi connectivity index (χ0n) is 15.5. The van der Waals surface area contributed by atoms with Gasteiger partial charge in [-0.1, -0.05) is 72.2 Å². The standard InChI is InChI=1S/C24H22O2/c1-23(2,25)15-13-21-17-9-5-7-11-19(17)22(14-16-24(3,4)26)20-12-8-6-10-18(20)21/h5-12,25-26H,1-4H3. The molecule has 130 valence electrons. The molecule has 0 spiro atoms. The normalized spacial score (nSPS) is 11.6. The molecule has 2 heteroatoms. The first-order valence-corrected chi connectivity index (χ1v) is 8.60. The summed E-state index contributed by atoms with van der Waals surface area (Å²) in [4.78, 5) is 0. The molecule has 3 rings (SSSR count). The minimum Gasteiger partial charge on any atom is -0.378 e. The Morgan fingerprint density at radius 3 is 1.08 bits per heavy atom. The van der Waals surface area contributed by atoms with Gasteiger partial charge >= 0.3 is 0 Å². The number of fused-ring (bicyclic) bond motifs is 2. The summed E-state index contributed by atoms with van der Waals surface area (Å²) in [5.74, 6) is 12.2. The molecule has 3 aromatic rings. The molecular formula is C24H22O2. The van der Waals surface area contributed by atoms with E-state index in [0.717, 1.165) is 32.7 Å². The molecule has 0 aliphatic heterocycles. The molecule has 0 aliphatic rings. The summed E-state index contributed by atoms with van der Waals surface area (Å²) in [6, 6.07) is 16.0. The Morgan fingerprint density at radius 1 is 0.577 bits per heavy atom. The van der Waals surface area contributed by atoms with Crippen molar-refractivity contribution in [2.45, 2.75) is 38.9 Å². The maximum absolute atomic E-state index is 10.0. The van der Waals surface area contributed by atoms with Crippen LogP contribution in [0.5, 0.6) is 0 Å². The van der Waals surface area contributed by atoms with Gasteiger partial charge in [-0.2, -0.15) is 0 Å². The van der Waals surface area contributed by atoms with Crippen LogP contribution >= 0.6 is 0 Å². The van der Waals surface area contributed by atoms with Gasteiger partial charge in [-0.25, -0.2) is 0 Å². The third kappa shape index (κ3) is 3.89. The van der Waals surface area contributed by atoms with Gasteiger partial charge in [0.25, 0.3) is 0 Å². The smallest absolute Gasteiger partial charge is 0.120 e. The second-order valence-corrected chi connectivity index (χ2v) is 7.46. The molecule has 0 unspecified atom stereocenters. The van der Waals surface area contributed by atoms with Gasteiger partial charge in [0.2, 0.25) is 0 Å². The molecule has 0 saturated carbocycles. The van der Waals surface area contributed by atoms with Crippen molar-refractivity contribution in [1.82, 2.24) is 0 Å². The van der Waals surface area contributed by atoms with E-state index < -0.39 is 11.2 Å². The van der Waals surface area contributed by atoms with Crippen LogP contribution in [0.2, 0.25) is 0 Å². The molecule has 0 atom stereocenters. The van der Waals surface area contributed by atoms with Gasteiger partial charge in [0.15, 0.2) is 0 Å². The van der Waals surface area contributed by atoms with Gasteiger partial charge < -0.3 is 10.2 Å². The number of hydrogen-bond donors (Lipinski definition) is 2. The Hall–Kier alpha value is -2.78. The zero-order valence-corrected chi connectivity index (χ0v) is 15.5. The van der Waals surface area contributed by atoms with E-state index in [1.807, 2.05) is 48.5 Å². The first-order valence-electron chi connectivity index (χ1n) is 8.60. The predicted octanol–water partition coefficient (Wildman–Crippen LogP) is 4.24. The van der Waals surface area contributed by atoms with Crippen LogP contribution in [0.3, 0.4) is 0 Å². The molecule has 0 aliphatic carbocycles. The summed E-state index contributed by atoms with van der Waals surface area (Å²) in [6.07, 6.45) is 0. The third-order valence-corrected chi connectivity index (χ3v) is 3.92. The highest BCUT2D eigenvalue weighted by Crippen LogP contribution is 2.32. The van der Waals surface area contributed by atoms with Crippen LogP contribution in [-0.4, -0.2) is 21.4 Å². The average Bonchev–Trinajstić information content (AvgIpc) is 2.56. The first-order chi connectivity index (χ1) is 12.2. The Labute approximate surface area is 154 Å². The van der Waals surface area contributed by atoms with E-state index in [0.29, 0.717) is 0 Å². The molecule has 0 heterocycles. The van der Waals surface area contributed by atoms with Gasteiger partial charge in [0.1, 0.15) is 11.2 Å². The Kier molecular flexibility index (Phi) is 4.51. The fraction of sp³-hybridized carbons (Fsp3) is 0.250. The SMILES string of the molecule is CC(C)(O)C#Cc1c2ccccc2c(C#CC(C)(C)O)c2ccccc12. The van der Waals surface area contributed by atoms with Crippen molar-refractivity contribution in [3.63, 3.8) is 0 Å². The molecule has 2 nitrogen and oxygen atoms in total. The van der Waals surface area contributed by atoms with E-state index in [9.17, 15) is 10.2 Å². The monoisotopic (exact) mass is 342 g/mol. The lowest BCUT2D eigenvalue weighted by molar-refractivity contribution is 0.143. The molecule has 0 radical (unpaired) electrons. The van der Waals surface area contributed by atoms with Gasteiger partial charge in [-0.15, -0.1) is 0 Å². The fourth-order valence-electron chi connectivity index (χ4n) is 2.83. The van der Waals surface area contributed by atoms with Crippen LogP contribution in [0.1, 0.15) is 38.8 Å². The van der Waals surface area contributed by atoms with Crippen LogP contribution in [-0.2, 0) is 0 Å². The fourth-order valence-corrected chi connectivity index (χ4v) is 2.83. The van der Waals surface area contributed by atoms with Crippen molar-refractivity contribution in [2.24, 2.45) is 0 Å². The summed E-state index contributed by atoms with van der Waals surface area (Å²) in [5, 5.41) is 24.0. The van der Waals surface area contributed by atoms with Crippen molar-refractivity contribution in [3.8, 4) is 23.7 Å². The molecule has 26 heavy (non-hydrogen) atoms. The molecular weight excluding hydrogens is 320 g/mol. The lowest BCUT2D eigenvalue weighted by atomic mass is 9.91. The summed E-state index contributed by atoms with van der Waals surface area (Å²) in [5.41, 5.74) is -0.373. The molecule has 0 bridgehead atoms. The van der Waals surface area contributed by atoms with Crippen molar-refractivity contribution in [3.05, 3.63) is 59.7 Å². The van der Waals surface area contributed by atoms with E-state index in [-0.39, 0.29) is 0 Å². The van der Waals surface area contributed by atoms with E-state index in [1.165, 1.54) is 0 Å². The lowest BCUT2D eigenvalue weighted by Crippen LogP contribution is -2.14. The van der Waals surface area contributed by atoms with Gasteiger partial charge in [0, 0.05) is 11.1 Å². The van der Waals surface area contributed by atoms with Crippen LogP contribution in [0.15, 0.2) is 48.5 Å². The Bertz CT molecular complexity index is 955. The van der Waals surface area contributed by atoms with E-state index in [2.05, 4.69) is 23.7 Å². The lowest BCUT2D eigenvalue weighted by Gasteiger charge is -2.12. The summed E-state index contributed by atoms with van der Waals surface area (Å²) in [7, 11) is 0. The minimum atomic E-state index is -1.07. The summed E-state index contributed by atoms with van der Waals surface area (Å²) >= 11 is 0. The van der Waals surface area contributed by atoms with Crippen LogP contribution < -0.4 is 0 Å². The highest BCUT2D eigenvalue weighted by Gasteiger charge is 2.13. The second kappa shape index (κ2) is 6.50. The van der Waals surface area contributed by atoms with Crippen LogP contribution in [0.25, 0.3) is 21.5 Å². The Balaban J connectivity index is 2.46. The van der Waals surface area contributed by atoms with Gasteiger partial charge in [-0.05, 0) is 49.2 Å². The summed E-state index contributed by atoms with van der Waals surface area (Å²) < 4.78 is 0. The Morgan fingerprint density at radius 2 is 0.846 bits per heavy atom. The highest BCUT2D eigenvalue weighted by atomic mass is 16.3. The maximum atomic E-state index is 10.0. The number of rotatable bonds is 0. The van der Waals surface area contributed by atoms with E-state index in [1.54, 1.807) is 27.7 Å². The topological polar surface area (TPSA) is 40.5 Å². The first kappa shape index (κ1) is 18.0. The molecule has 0 saturated heterocycles. The molecule has 0 amide bonds. The van der Waals surface area contributed by atoms with E-state index in [4.69, 9.17) is 0 Å². The minimum absolute atomic E-state index is 0.882. The van der Waals surface area contributed by atoms with Crippen LogP contribution in [0, 0.1) is 23.7 Å². The summed E-state index contributed by atoms with van der Waals surface area (Å²) in [6.45, 7) is 6.70. The number of aliphatic hydroxyl groups is 2. The van der Waals surface area contributed by atoms with Crippen LogP contribution in [0.4, 0.5) is 0 Å². The highest BCUT2D eigenvalue weighted by molar-refractivity contribution is 6.09. The molecule has 0 aromatic heterocycles.